The van der Waals surface area contributed by atoms with Crippen molar-refractivity contribution in [1.82, 2.24) is 21.3 Å². The molecule has 2 rings (SSSR count). The van der Waals surface area contributed by atoms with Gasteiger partial charge in [-0.05, 0) is 129 Å². The van der Waals surface area contributed by atoms with Crippen molar-refractivity contribution in [2.45, 2.75) is 191 Å². The molecule has 0 saturated carbocycles. The van der Waals surface area contributed by atoms with E-state index in [0.717, 1.165) is 25.7 Å². The van der Waals surface area contributed by atoms with E-state index in [-0.39, 0.29) is 104 Å². The molecule has 16 nitrogen and oxygen atoms in total. The van der Waals surface area contributed by atoms with Gasteiger partial charge < -0.3 is 40.2 Å². The van der Waals surface area contributed by atoms with Gasteiger partial charge in [-0.1, -0.05) is 109 Å². The summed E-state index contributed by atoms with van der Waals surface area (Å²) in [4.78, 5) is 110. The van der Waals surface area contributed by atoms with Gasteiger partial charge in [-0.3, -0.25) is 19.2 Å². The Morgan fingerprint density at radius 3 is 0.740 bits per heavy atom. The van der Waals surface area contributed by atoms with Gasteiger partial charge in [-0.2, -0.15) is 0 Å². The number of carbonyl (C=O) groups is 8. The molecule has 73 heavy (non-hydrogen) atoms. The van der Waals surface area contributed by atoms with E-state index in [1.807, 2.05) is 83.1 Å². The maximum absolute atomic E-state index is 14.3. The van der Waals surface area contributed by atoms with Crippen molar-refractivity contribution >= 4 is 47.5 Å². The molecule has 0 aliphatic heterocycles. The molecule has 408 valence electrons. The SMILES string of the molecule is CCCCOC(=O)C(CC(C)C)NC(=O)c1cc(Cc2cc(C(=O)NC(CC(C)C)C(=O)OCCCC)cc(C(=O)NC(CC(C)C)C(=O)OCCCC)c2)cc(C(=O)NC(CC(C)C)C(=O)OCCCC)c1. The van der Waals surface area contributed by atoms with Crippen LogP contribution in [0, 0.1) is 23.7 Å². The van der Waals surface area contributed by atoms with Crippen molar-refractivity contribution in [3.05, 3.63) is 69.8 Å². The van der Waals surface area contributed by atoms with E-state index in [1.165, 1.54) is 12.1 Å². The zero-order valence-corrected chi connectivity index (χ0v) is 46.0. The quantitative estimate of drug-likeness (QED) is 0.0293. The fourth-order valence-corrected chi connectivity index (χ4v) is 7.73. The highest BCUT2D eigenvalue weighted by molar-refractivity contribution is 6.03. The summed E-state index contributed by atoms with van der Waals surface area (Å²) < 4.78 is 22.1. The van der Waals surface area contributed by atoms with Crippen LogP contribution in [-0.4, -0.2) is 98.1 Å². The molecule has 0 radical (unpaired) electrons. The number of hydrogen-bond donors (Lipinski definition) is 4. The molecule has 0 saturated heterocycles. The molecule has 4 amide bonds. The minimum atomic E-state index is -0.998. The van der Waals surface area contributed by atoms with Crippen LogP contribution in [0.15, 0.2) is 36.4 Å². The van der Waals surface area contributed by atoms with Crippen molar-refractivity contribution in [2.24, 2.45) is 23.7 Å². The number of carbonyl (C=O) groups excluding carboxylic acids is 8. The number of hydrogen-bond acceptors (Lipinski definition) is 12. The first kappa shape index (κ1) is 63.3. The summed E-state index contributed by atoms with van der Waals surface area (Å²) in [6.07, 6.45) is 6.90. The van der Waals surface area contributed by atoms with Gasteiger partial charge in [0.2, 0.25) is 0 Å². The molecule has 4 unspecified atom stereocenters. The highest BCUT2D eigenvalue weighted by atomic mass is 16.5. The van der Waals surface area contributed by atoms with E-state index in [9.17, 15) is 38.4 Å². The maximum Gasteiger partial charge on any atom is 0.328 e. The second-order valence-corrected chi connectivity index (χ2v) is 20.7. The van der Waals surface area contributed by atoms with Crippen molar-refractivity contribution < 1.29 is 57.3 Å². The van der Waals surface area contributed by atoms with Gasteiger partial charge >= 0.3 is 23.9 Å². The molecule has 0 bridgehead atoms. The van der Waals surface area contributed by atoms with Gasteiger partial charge in [0, 0.05) is 22.3 Å². The third-order valence-electron chi connectivity index (χ3n) is 11.6. The summed E-state index contributed by atoms with van der Waals surface area (Å²) in [5.41, 5.74) is 0.873. The molecule has 0 heterocycles. The number of benzene rings is 2. The lowest BCUT2D eigenvalue weighted by Crippen LogP contribution is -2.43. The van der Waals surface area contributed by atoms with Crippen LogP contribution in [-0.2, 0) is 44.5 Å². The number of unbranched alkanes of at least 4 members (excludes halogenated alkanes) is 4. The van der Waals surface area contributed by atoms with E-state index >= 15 is 0 Å². The van der Waals surface area contributed by atoms with Crippen LogP contribution in [0.2, 0.25) is 0 Å². The smallest absolute Gasteiger partial charge is 0.328 e. The summed E-state index contributed by atoms with van der Waals surface area (Å²) in [6.45, 7) is 24.0. The lowest BCUT2D eigenvalue weighted by Gasteiger charge is -2.21. The van der Waals surface area contributed by atoms with Crippen molar-refractivity contribution in [1.29, 1.82) is 0 Å². The molecule has 0 aliphatic rings. The Bertz CT molecular complexity index is 1820. The second kappa shape index (κ2) is 33.8. The summed E-state index contributed by atoms with van der Waals surface area (Å²) in [6, 6.07) is 4.96. The monoisotopic (exact) mass is 1020 g/mol. The Balaban J connectivity index is 2.87. The third-order valence-corrected chi connectivity index (χ3v) is 11.6. The predicted octanol–water partition coefficient (Wildman–Crippen LogP) is 9.23. The molecule has 0 aromatic heterocycles. The lowest BCUT2D eigenvalue weighted by atomic mass is 9.95. The van der Waals surface area contributed by atoms with Gasteiger partial charge in [0.15, 0.2) is 0 Å². The van der Waals surface area contributed by atoms with Crippen molar-refractivity contribution in [3.8, 4) is 0 Å². The summed E-state index contributed by atoms with van der Waals surface area (Å²) in [5, 5.41) is 11.3. The molecule has 4 N–H and O–H groups in total. The third kappa shape index (κ3) is 24.2. The number of esters is 4. The summed E-state index contributed by atoms with van der Waals surface area (Å²) in [7, 11) is 0. The first-order valence-corrected chi connectivity index (χ1v) is 26.8. The fourth-order valence-electron chi connectivity index (χ4n) is 7.73. The average Bonchev–Trinajstić information content (AvgIpc) is 3.32. The molecule has 0 aliphatic carbocycles. The van der Waals surface area contributed by atoms with Crippen LogP contribution in [0.3, 0.4) is 0 Å². The Hall–Kier alpha value is -5.80. The molecule has 0 fully saturated rings. The van der Waals surface area contributed by atoms with Crippen LogP contribution >= 0.6 is 0 Å². The Morgan fingerprint density at radius 1 is 0.356 bits per heavy atom. The largest absolute Gasteiger partial charge is 0.464 e. The molecule has 4 atom stereocenters. The zero-order valence-electron chi connectivity index (χ0n) is 46.0. The van der Waals surface area contributed by atoms with Gasteiger partial charge in [0.25, 0.3) is 23.6 Å². The van der Waals surface area contributed by atoms with Crippen LogP contribution in [0.5, 0.6) is 0 Å². The molecule has 2 aromatic carbocycles. The van der Waals surface area contributed by atoms with Crippen LogP contribution in [0.4, 0.5) is 0 Å². The standard InChI is InChI=1S/C57H88N4O12/c1-13-17-21-70-54(66)46(25-36(5)6)58-50(62)42-30-40(31-43(34-42)51(63)59-47(26-37(7)8)55(67)71-22-18-14-2)29-41-32-44(52(64)60-48(27-38(9)10)56(68)72-23-19-15-3)35-45(33-41)53(65)61-49(28-39(11)12)57(69)73-24-20-16-4/h30-39,46-49H,13-29H2,1-12H3,(H,58,62)(H,59,63)(H,60,64)(H,61,65). The number of nitrogens with one attached hydrogen (secondary N) is 4. The molecule has 16 heteroatoms. The number of ether oxygens (including phenoxy) is 4. The second-order valence-electron chi connectivity index (χ2n) is 20.7. The van der Waals surface area contributed by atoms with Crippen molar-refractivity contribution in [2.75, 3.05) is 26.4 Å². The number of rotatable bonds is 34. The molecular formula is C57H88N4O12. The summed E-state index contributed by atoms with van der Waals surface area (Å²) >= 11 is 0. The van der Waals surface area contributed by atoms with Crippen LogP contribution in [0.1, 0.15) is 213 Å². The number of amides is 4. The first-order chi connectivity index (χ1) is 34.6. The van der Waals surface area contributed by atoms with Crippen LogP contribution in [0.25, 0.3) is 0 Å². The zero-order chi connectivity index (χ0) is 54.6. The van der Waals surface area contributed by atoms with Gasteiger partial charge in [0.05, 0.1) is 26.4 Å². The van der Waals surface area contributed by atoms with E-state index in [1.54, 1.807) is 24.3 Å². The average molecular weight is 1020 g/mol. The Morgan fingerprint density at radius 2 is 0.562 bits per heavy atom. The van der Waals surface area contributed by atoms with Gasteiger partial charge in [-0.15, -0.1) is 0 Å². The molecular weight excluding hydrogens is 933 g/mol. The van der Waals surface area contributed by atoms with Crippen LogP contribution < -0.4 is 21.3 Å². The molecule has 0 spiro atoms. The molecule has 2 aromatic rings. The minimum absolute atomic E-state index is 0.00209. The van der Waals surface area contributed by atoms with Gasteiger partial charge in [-0.25, -0.2) is 19.2 Å². The van der Waals surface area contributed by atoms with E-state index in [2.05, 4.69) is 21.3 Å². The fraction of sp³-hybridized carbons (Fsp3) is 0.649. The Kier molecular flexibility index (Phi) is 29.3. The topological polar surface area (TPSA) is 222 Å². The maximum atomic E-state index is 14.3. The predicted molar refractivity (Wildman–Crippen MR) is 282 cm³/mol. The Labute approximate surface area is 435 Å². The van der Waals surface area contributed by atoms with Crippen molar-refractivity contribution in [3.63, 3.8) is 0 Å². The highest BCUT2D eigenvalue weighted by Crippen LogP contribution is 2.22. The normalized spacial score (nSPS) is 12.9. The van der Waals surface area contributed by atoms with E-state index < -0.39 is 71.7 Å². The van der Waals surface area contributed by atoms with Gasteiger partial charge in [0.1, 0.15) is 24.2 Å². The lowest BCUT2D eigenvalue weighted by molar-refractivity contribution is -0.147. The first-order valence-electron chi connectivity index (χ1n) is 26.8. The summed E-state index contributed by atoms with van der Waals surface area (Å²) in [5.74, 6) is -4.98. The van der Waals surface area contributed by atoms with E-state index in [0.29, 0.717) is 36.8 Å². The highest BCUT2D eigenvalue weighted by Gasteiger charge is 2.30. The minimum Gasteiger partial charge on any atom is -0.464 e. The van der Waals surface area contributed by atoms with E-state index in [4.69, 9.17) is 18.9 Å².